The van der Waals surface area contributed by atoms with Crippen molar-refractivity contribution < 1.29 is 14.3 Å². The highest BCUT2D eigenvalue weighted by molar-refractivity contribution is 5.80. The number of rotatable bonds is 2. The van der Waals surface area contributed by atoms with Gasteiger partial charge in [0.2, 0.25) is 5.67 Å². The molecule has 0 aromatic heterocycles. The van der Waals surface area contributed by atoms with Crippen molar-refractivity contribution in [2.75, 3.05) is 13.1 Å². The molecule has 1 heterocycles. The minimum atomic E-state index is -2.18. The first-order valence-electron chi connectivity index (χ1n) is 4.82. The second kappa shape index (κ2) is 3.62. The largest absolute Gasteiger partial charge is 0.479 e. The van der Waals surface area contributed by atoms with E-state index >= 15 is 0 Å². The normalized spacial score (nSPS) is 30.3. The molecule has 0 unspecified atom stereocenters. The van der Waals surface area contributed by atoms with Crippen molar-refractivity contribution in [1.82, 2.24) is 5.32 Å². The average Bonchev–Trinajstić information content (AvgIpc) is 2.63. The molecule has 0 radical (unpaired) electrons. The minimum Gasteiger partial charge on any atom is -0.479 e. The van der Waals surface area contributed by atoms with Gasteiger partial charge >= 0.3 is 5.97 Å². The lowest BCUT2D eigenvalue weighted by molar-refractivity contribution is -0.150. The van der Waals surface area contributed by atoms with Crippen molar-refractivity contribution in [3.05, 3.63) is 35.9 Å². The molecule has 1 aromatic carbocycles. The predicted molar refractivity (Wildman–Crippen MR) is 53.5 cm³/mol. The molecule has 4 heteroatoms. The van der Waals surface area contributed by atoms with Crippen LogP contribution in [0.2, 0.25) is 0 Å². The van der Waals surface area contributed by atoms with Gasteiger partial charge in [0, 0.05) is 19.0 Å². The summed E-state index contributed by atoms with van der Waals surface area (Å²) in [6.07, 6.45) is 0. The van der Waals surface area contributed by atoms with Crippen molar-refractivity contribution in [3.8, 4) is 0 Å². The second-order valence-electron chi connectivity index (χ2n) is 3.76. The highest BCUT2D eigenvalue weighted by Crippen LogP contribution is 2.35. The van der Waals surface area contributed by atoms with Crippen LogP contribution in [0.15, 0.2) is 30.3 Å². The van der Waals surface area contributed by atoms with E-state index in [1.807, 2.05) is 6.07 Å². The van der Waals surface area contributed by atoms with E-state index in [1.54, 1.807) is 24.3 Å². The molecule has 2 N–H and O–H groups in total. The van der Waals surface area contributed by atoms with Crippen LogP contribution in [0.4, 0.5) is 4.39 Å². The van der Waals surface area contributed by atoms with Gasteiger partial charge < -0.3 is 10.4 Å². The van der Waals surface area contributed by atoms with Crippen LogP contribution in [0.1, 0.15) is 11.5 Å². The van der Waals surface area contributed by atoms with Gasteiger partial charge in [-0.3, -0.25) is 0 Å². The number of halogens is 1. The van der Waals surface area contributed by atoms with Gasteiger partial charge in [0.1, 0.15) is 0 Å². The Morgan fingerprint density at radius 3 is 2.73 bits per heavy atom. The Balaban J connectivity index is 2.34. The molecule has 2 atom stereocenters. The van der Waals surface area contributed by atoms with Crippen LogP contribution in [-0.2, 0) is 4.79 Å². The van der Waals surface area contributed by atoms with Crippen LogP contribution in [0.5, 0.6) is 0 Å². The molecule has 0 saturated carbocycles. The lowest BCUT2D eigenvalue weighted by Gasteiger charge is -2.21. The number of carbonyl (C=O) groups is 1. The van der Waals surface area contributed by atoms with Gasteiger partial charge in [-0.15, -0.1) is 0 Å². The van der Waals surface area contributed by atoms with Crippen LogP contribution >= 0.6 is 0 Å². The summed E-state index contributed by atoms with van der Waals surface area (Å²) >= 11 is 0. The summed E-state index contributed by atoms with van der Waals surface area (Å²) in [6, 6.07) is 8.92. The molecule has 80 valence electrons. The molecule has 2 rings (SSSR count). The fourth-order valence-corrected chi connectivity index (χ4v) is 1.98. The summed E-state index contributed by atoms with van der Waals surface area (Å²) in [7, 11) is 0. The van der Waals surface area contributed by atoms with Gasteiger partial charge in [-0.25, -0.2) is 9.18 Å². The summed E-state index contributed by atoms with van der Waals surface area (Å²) < 4.78 is 14.1. The zero-order valence-electron chi connectivity index (χ0n) is 8.11. The van der Waals surface area contributed by atoms with Crippen LogP contribution < -0.4 is 5.32 Å². The third-order valence-corrected chi connectivity index (χ3v) is 2.84. The first-order valence-corrected chi connectivity index (χ1v) is 4.82. The number of carboxylic acid groups (broad SMARTS) is 1. The molecule has 1 aromatic rings. The molecule has 1 aliphatic rings. The maximum absolute atomic E-state index is 14.1. The molecule has 0 amide bonds. The Hall–Kier alpha value is -1.42. The highest BCUT2D eigenvalue weighted by Gasteiger charge is 2.50. The Kier molecular flexibility index (Phi) is 2.44. The first-order chi connectivity index (χ1) is 7.14. The zero-order valence-corrected chi connectivity index (χ0v) is 8.11. The SMILES string of the molecule is O=C(O)[C@@]1(F)CNC[C@@H]1c1ccccc1. The third kappa shape index (κ3) is 1.61. The van der Waals surface area contributed by atoms with Crippen LogP contribution in [-0.4, -0.2) is 29.8 Å². The molecule has 0 spiro atoms. The van der Waals surface area contributed by atoms with Crippen LogP contribution in [0, 0.1) is 0 Å². The van der Waals surface area contributed by atoms with Gasteiger partial charge in [-0.2, -0.15) is 0 Å². The van der Waals surface area contributed by atoms with Crippen molar-refractivity contribution in [2.45, 2.75) is 11.6 Å². The molecule has 3 nitrogen and oxygen atoms in total. The number of nitrogens with one attached hydrogen (secondary N) is 1. The smallest absolute Gasteiger partial charge is 0.343 e. The molecule has 1 aliphatic heterocycles. The third-order valence-electron chi connectivity index (χ3n) is 2.84. The number of carboxylic acids is 1. The number of aliphatic carboxylic acids is 1. The average molecular weight is 209 g/mol. The number of alkyl halides is 1. The lowest BCUT2D eigenvalue weighted by atomic mass is 9.86. The highest BCUT2D eigenvalue weighted by atomic mass is 19.1. The molecule has 0 bridgehead atoms. The Bertz CT molecular complexity index is 368. The zero-order chi connectivity index (χ0) is 10.9. The van der Waals surface area contributed by atoms with E-state index in [0.717, 1.165) is 5.56 Å². The summed E-state index contributed by atoms with van der Waals surface area (Å²) in [5, 5.41) is 11.7. The van der Waals surface area contributed by atoms with Crippen LogP contribution in [0.25, 0.3) is 0 Å². The minimum absolute atomic E-state index is 0.123. The molecular formula is C11H12FNO2. The van der Waals surface area contributed by atoms with Gasteiger partial charge in [-0.05, 0) is 5.56 Å². The standard InChI is InChI=1S/C11H12FNO2/c12-11(10(14)15)7-13-6-9(11)8-4-2-1-3-5-8/h1-5,9,13H,6-7H2,(H,14,15)/t9-,11-/m1/s1. The van der Waals surface area contributed by atoms with Gasteiger partial charge in [0.05, 0.1) is 0 Å². The van der Waals surface area contributed by atoms with E-state index in [-0.39, 0.29) is 6.54 Å². The van der Waals surface area contributed by atoms with Crippen molar-refractivity contribution in [1.29, 1.82) is 0 Å². The fraction of sp³-hybridized carbons (Fsp3) is 0.364. The second-order valence-corrected chi connectivity index (χ2v) is 3.76. The van der Waals surface area contributed by atoms with Gasteiger partial charge in [-0.1, -0.05) is 30.3 Å². The summed E-state index contributed by atoms with van der Waals surface area (Å²) in [6.45, 7) is 0.245. The summed E-state index contributed by atoms with van der Waals surface area (Å²) in [4.78, 5) is 10.9. The topological polar surface area (TPSA) is 49.3 Å². The van der Waals surface area contributed by atoms with E-state index in [0.29, 0.717) is 6.54 Å². The van der Waals surface area contributed by atoms with E-state index < -0.39 is 17.6 Å². The van der Waals surface area contributed by atoms with E-state index in [4.69, 9.17) is 5.11 Å². The van der Waals surface area contributed by atoms with Gasteiger partial charge in [0.25, 0.3) is 0 Å². The van der Waals surface area contributed by atoms with Crippen molar-refractivity contribution in [2.24, 2.45) is 0 Å². The Morgan fingerprint density at radius 2 is 2.13 bits per heavy atom. The van der Waals surface area contributed by atoms with Crippen LogP contribution in [0.3, 0.4) is 0 Å². The Labute approximate surface area is 86.9 Å². The quantitative estimate of drug-likeness (QED) is 0.768. The van der Waals surface area contributed by atoms with Crippen molar-refractivity contribution >= 4 is 5.97 Å². The number of benzene rings is 1. The van der Waals surface area contributed by atoms with Gasteiger partial charge in [0.15, 0.2) is 0 Å². The number of hydrogen-bond acceptors (Lipinski definition) is 2. The number of hydrogen-bond donors (Lipinski definition) is 2. The molecular weight excluding hydrogens is 197 g/mol. The predicted octanol–water partition coefficient (Wildman–Crippen LogP) is 1.17. The lowest BCUT2D eigenvalue weighted by Crippen LogP contribution is -2.40. The molecule has 1 saturated heterocycles. The maximum Gasteiger partial charge on any atom is 0.343 e. The Morgan fingerprint density at radius 1 is 1.47 bits per heavy atom. The first kappa shape index (κ1) is 10.1. The summed E-state index contributed by atoms with van der Waals surface area (Å²) in [5.74, 6) is -1.99. The van der Waals surface area contributed by atoms with E-state index in [1.165, 1.54) is 0 Å². The monoisotopic (exact) mass is 209 g/mol. The fourth-order valence-electron chi connectivity index (χ4n) is 1.98. The summed E-state index contributed by atoms with van der Waals surface area (Å²) in [5.41, 5.74) is -1.45. The molecule has 1 fully saturated rings. The van der Waals surface area contributed by atoms with E-state index in [9.17, 15) is 9.18 Å². The molecule has 15 heavy (non-hydrogen) atoms. The van der Waals surface area contributed by atoms with Crippen molar-refractivity contribution in [3.63, 3.8) is 0 Å². The maximum atomic E-state index is 14.1. The van der Waals surface area contributed by atoms with E-state index in [2.05, 4.69) is 5.32 Å². The molecule has 0 aliphatic carbocycles.